The fourth-order valence-electron chi connectivity index (χ4n) is 4.97. The molecule has 3 aliphatic rings. The van der Waals surface area contributed by atoms with Crippen LogP contribution in [0.5, 0.6) is 0 Å². The standard InChI is InChI=1S/C21H37N3O3/c1-5-11-22-15-10-21(18(22)25)9-6-12-24(16-21)17-7-13-23(14-8-17)19(26)27-20(2,3)4/h17H,5-16H2,1-4H3. The van der Waals surface area contributed by atoms with Gasteiger partial charge in [-0.3, -0.25) is 9.69 Å². The van der Waals surface area contributed by atoms with Gasteiger partial charge in [-0.1, -0.05) is 6.92 Å². The van der Waals surface area contributed by atoms with Gasteiger partial charge >= 0.3 is 6.09 Å². The van der Waals surface area contributed by atoms with Crippen LogP contribution in [0.1, 0.15) is 66.2 Å². The average Bonchev–Trinajstić information content (AvgIpc) is 2.90. The number of nitrogens with zero attached hydrogens (tertiary/aromatic N) is 3. The van der Waals surface area contributed by atoms with E-state index >= 15 is 0 Å². The molecule has 27 heavy (non-hydrogen) atoms. The lowest BCUT2D eigenvalue weighted by Gasteiger charge is -2.45. The first-order chi connectivity index (χ1) is 12.7. The van der Waals surface area contributed by atoms with Crippen molar-refractivity contribution in [3.8, 4) is 0 Å². The van der Waals surface area contributed by atoms with Gasteiger partial charge in [-0.05, 0) is 65.8 Å². The molecule has 0 bridgehead atoms. The highest BCUT2D eigenvalue weighted by Gasteiger charge is 2.49. The molecule has 3 saturated heterocycles. The molecule has 6 nitrogen and oxygen atoms in total. The van der Waals surface area contributed by atoms with Crippen molar-refractivity contribution in [2.24, 2.45) is 5.41 Å². The van der Waals surface area contributed by atoms with E-state index in [1.807, 2.05) is 25.7 Å². The van der Waals surface area contributed by atoms with Crippen LogP contribution in [-0.2, 0) is 9.53 Å². The molecule has 6 heteroatoms. The quantitative estimate of drug-likeness (QED) is 0.756. The molecule has 0 aromatic rings. The van der Waals surface area contributed by atoms with Crippen LogP contribution in [0.15, 0.2) is 0 Å². The van der Waals surface area contributed by atoms with Gasteiger partial charge in [-0.25, -0.2) is 4.79 Å². The second-order valence-corrected chi connectivity index (χ2v) is 9.60. The Labute approximate surface area is 164 Å². The van der Waals surface area contributed by atoms with E-state index in [9.17, 15) is 9.59 Å². The molecule has 0 aromatic carbocycles. The molecule has 0 radical (unpaired) electrons. The van der Waals surface area contributed by atoms with Crippen LogP contribution in [0.2, 0.25) is 0 Å². The summed E-state index contributed by atoms with van der Waals surface area (Å²) in [5, 5.41) is 0. The van der Waals surface area contributed by atoms with Gasteiger partial charge < -0.3 is 14.5 Å². The number of rotatable bonds is 3. The minimum absolute atomic E-state index is 0.143. The molecular formula is C21H37N3O3. The summed E-state index contributed by atoms with van der Waals surface area (Å²) in [6.07, 6.45) is 5.95. The lowest BCUT2D eigenvalue weighted by atomic mass is 9.77. The first-order valence-corrected chi connectivity index (χ1v) is 10.8. The second-order valence-electron chi connectivity index (χ2n) is 9.60. The number of hydrogen-bond acceptors (Lipinski definition) is 4. The number of carbonyl (C=O) groups excluding carboxylic acids is 2. The highest BCUT2D eigenvalue weighted by atomic mass is 16.6. The number of likely N-dealkylation sites (tertiary alicyclic amines) is 3. The molecule has 1 unspecified atom stereocenters. The van der Waals surface area contributed by atoms with Crippen molar-refractivity contribution in [3.05, 3.63) is 0 Å². The summed E-state index contributed by atoms with van der Waals surface area (Å²) in [4.78, 5) is 31.7. The summed E-state index contributed by atoms with van der Waals surface area (Å²) in [5.74, 6) is 0.389. The Kier molecular flexibility index (Phi) is 6.04. The van der Waals surface area contributed by atoms with Crippen molar-refractivity contribution in [1.29, 1.82) is 0 Å². The molecular weight excluding hydrogens is 342 g/mol. The zero-order chi connectivity index (χ0) is 19.7. The van der Waals surface area contributed by atoms with Gasteiger partial charge in [-0.15, -0.1) is 0 Å². The van der Waals surface area contributed by atoms with Gasteiger partial charge in [0.1, 0.15) is 5.60 Å². The molecule has 1 atom stereocenters. The zero-order valence-corrected chi connectivity index (χ0v) is 17.6. The van der Waals surface area contributed by atoms with Crippen LogP contribution >= 0.6 is 0 Å². The van der Waals surface area contributed by atoms with Crippen LogP contribution in [0.4, 0.5) is 4.79 Å². The van der Waals surface area contributed by atoms with Gasteiger partial charge in [-0.2, -0.15) is 0 Å². The highest BCUT2D eigenvalue weighted by Crippen LogP contribution is 2.41. The SMILES string of the molecule is CCCN1CCC2(CCCN(C3CCN(C(=O)OC(C)(C)C)CC3)C2)C1=O. The maximum atomic E-state index is 13.0. The Morgan fingerprint density at radius 2 is 1.85 bits per heavy atom. The molecule has 0 aliphatic carbocycles. The van der Waals surface area contributed by atoms with Crippen LogP contribution in [0.25, 0.3) is 0 Å². The van der Waals surface area contributed by atoms with E-state index in [1.54, 1.807) is 0 Å². The van der Waals surface area contributed by atoms with E-state index in [-0.39, 0.29) is 11.5 Å². The van der Waals surface area contributed by atoms with Gasteiger partial charge in [0.15, 0.2) is 0 Å². The summed E-state index contributed by atoms with van der Waals surface area (Å²) >= 11 is 0. The molecule has 0 aromatic heterocycles. The van der Waals surface area contributed by atoms with E-state index in [2.05, 4.69) is 16.7 Å². The Morgan fingerprint density at radius 1 is 1.15 bits per heavy atom. The second kappa shape index (κ2) is 7.98. The van der Waals surface area contributed by atoms with Gasteiger partial charge in [0.25, 0.3) is 0 Å². The number of ether oxygens (including phenoxy) is 1. The molecule has 2 amide bonds. The van der Waals surface area contributed by atoms with Crippen LogP contribution in [0, 0.1) is 5.41 Å². The smallest absolute Gasteiger partial charge is 0.410 e. The molecule has 1 spiro atoms. The summed E-state index contributed by atoms with van der Waals surface area (Å²) in [7, 11) is 0. The van der Waals surface area contributed by atoms with E-state index < -0.39 is 5.60 Å². The topological polar surface area (TPSA) is 53.1 Å². The maximum absolute atomic E-state index is 13.0. The number of carbonyl (C=O) groups is 2. The van der Waals surface area contributed by atoms with Crippen LogP contribution < -0.4 is 0 Å². The summed E-state index contributed by atoms with van der Waals surface area (Å²) in [5.41, 5.74) is -0.587. The Hall–Kier alpha value is -1.30. The van der Waals surface area contributed by atoms with E-state index in [0.717, 1.165) is 77.8 Å². The van der Waals surface area contributed by atoms with E-state index in [0.29, 0.717) is 11.9 Å². The van der Waals surface area contributed by atoms with Gasteiger partial charge in [0, 0.05) is 38.8 Å². The summed E-state index contributed by atoms with van der Waals surface area (Å²) < 4.78 is 5.51. The van der Waals surface area contributed by atoms with Crippen molar-refractivity contribution in [1.82, 2.24) is 14.7 Å². The molecule has 0 saturated carbocycles. The minimum Gasteiger partial charge on any atom is -0.444 e. The van der Waals surface area contributed by atoms with Crippen molar-refractivity contribution in [2.75, 3.05) is 39.3 Å². The fourth-order valence-corrected chi connectivity index (χ4v) is 4.97. The van der Waals surface area contributed by atoms with Crippen LogP contribution in [0.3, 0.4) is 0 Å². The van der Waals surface area contributed by atoms with E-state index in [4.69, 9.17) is 4.74 Å². The molecule has 3 fully saturated rings. The number of amides is 2. The third-order valence-electron chi connectivity index (χ3n) is 6.33. The van der Waals surface area contributed by atoms with Gasteiger partial charge in [0.2, 0.25) is 5.91 Å². The molecule has 0 N–H and O–H groups in total. The highest BCUT2D eigenvalue weighted by molar-refractivity contribution is 5.85. The Balaban J connectivity index is 1.54. The maximum Gasteiger partial charge on any atom is 0.410 e. The molecule has 3 rings (SSSR count). The minimum atomic E-state index is -0.444. The third kappa shape index (κ3) is 4.58. The summed E-state index contributed by atoms with van der Waals surface area (Å²) in [6, 6.07) is 0.480. The van der Waals surface area contributed by atoms with Crippen LogP contribution in [-0.4, -0.2) is 77.6 Å². The van der Waals surface area contributed by atoms with Crippen molar-refractivity contribution < 1.29 is 14.3 Å². The third-order valence-corrected chi connectivity index (χ3v) is 6.33. The summed E-state index contributed by atoms with van der Waals surface area (Å²) in [6.45, 7) is 13.2. The first-order valence-electron chi connectivity index (χ1n) is 10.8. The Bertz CT molecular complexity index is 551. The molecule has 3 heterocycles. The van der Waals surface area contributed by atoms with Gasteiger partial charge in [0.05, 0.1) is 5.41 Å². The Morgan fingerprint density at radius 3 is 2.48 bits per heavy atom. The van der Waals surface area contributed by atoms with Crippen molar-refractivity contribution in [3.63, 3.8) is 0 Å². The fraction of sp³-hybridized carbons (Fsp3) is 0.905. The predicted molar refractivity (Wildman–Crippen MR) is 106 cm³/mol. The normalized spacial score (nSPS) is 28.2. The number of piperidine rings is 2. The predicted octanol–water partition coefficient (Wildman–Crippen LogP) is 3.11. The zero-order valence-electron chi connectivity index (χ0n) is 17.6. The van der Waals surface area contributed by atoms with Crippen molar-refractivity contribution >= 4 is 12.0 Å². The monoisotopic (exact) mass is 379 g/mol. The number of hydrogen-bond donors (Lipinski definition) is 0. The van der Waals surface area contributed by atoms with Crippen molar-refractivity contribution in [2.45, 2.75) is 77.9 Å². The molecule has 154 valence electrons. The lowest BCUT2D eigenvalue weighted by Crippen LogP contribution is -2.54. The van der Waals surface area contributed by atoms with E-state index in [1.165, 1.54) is 0 Å². The molecule has 3 aliphatic heterocycles. The largest absolute Gasteiger partial charge is 0.444 e. The average molecular weight is 380 g/mol. The first kappa shape index (κ1) is 20.4. The lowest BCUT2D eigenvalue weighted by molar-refractivity contribution is -0.139.